The van der Waals surface area contributed by atoms with Gasteiger partial charge in [-0.05, 0) is 18.1 Å². The second-order valence-corrected chi connectivity index (χ2v) is 3.92. The summed E-state index contributed by atoms with van der Waals surface area (Å²) >= 11 is 0. The third-order valence-corrected chi connectivity index (χ3v) is 2.87. The minimum Gasteiger partial charge on any atom is -0.496 e. The topological polar surface area (TPSA) is 73.2 Å². The summed E-state index contributed by atoms with van der Waals surface area (Å²) in [7, 11) is 3.28. The molecule has 18 heavy (non-hydrogen) atoms. The largest absolute Gasteiger partial charge is 0.496 e. The number of benzene rings is 1. The second kappa shape index (κ2) is 5.00. The van der Waals surface area contributed by atoms with E-state index in [1.807, 2.05) is 12.1 Å². The number of aromatic amines is 1. The van der Waals surface area contributed by atoms with Gasteiger partial charge in [0.15, 0.2) is 0 Å². The molecule has 96 valence electrons. The van der Waals surface area contributed by atoms with Crippen LogP contribution < -0.4 is 15.2 Å². The highest BCUT2D eigenvalue weighted by Gasteiger charge is 2.13. The SMILES string of the molecule is CCc1cc(-c2cc(N)n[nH]2)c(OC)cc1OC. The number of aryl methyl sites for hydroxylation is 1. The van der Waals surface area contributed by atoms with Gasteiger partial charge in [0.05, 0.1) is 19.9 Å². The van der Waals surface area contributed by atoms with Crippen LogP contribution in [0.3, 0.4) is 0 Å². The molecule has 0 saturated heterocycles. The predicted octanol–water partition coefficient (Wildman–Crippen LogP) is 2.24. The van der Waals surface area contributed by atoms with Crippen molar-refractivity contribution in [2.24, 2.45) is 0 Å². The van der Waals surface area contributed by atoms with Crippen LogP contribution in [0, 0.1) is 0 Å². The standard InChI is InChI=1S/C13H17N3O2/c1-4-8-5-9(10-6-13(14)16-15-10)12(18-3)7-11(8)17-2/h5-7H,4H2,1-3H3,(H3,14,15,16). The molecule has 0 bridgehead atoms. The highest BCUT2D eigenvalue weighted by atomic mass is 16.5. The van der Waals surface area contributed by atoms with Crippen molar-refractivity contribution in [3.05, 3.63) is 23.8 Å². The van der Waals surface area contributed by atoms with E-state index in [4.69, 9.17) is 15.2 Å². The summed E-state index contributed by atoms with van der Waals surface area (Å²) in [5.41, 5.74) is 8.50. The van der Waals surface area contributed by atoms with Crippen LogP contribution in [0.1, 0.15) is 12.5 Å². The Balaban J connectivity index is 2.58. The maximum absolute atomic E-state index is 5.63. The summed E-state index contributed by atoms with van der Waals surface area (Å²) in [6.45, 7) is 2.08. The molecule has 0 fully saturated rings. The fourth-order valence-corrected chi connectivity index (χ4v) is 1.93. The number of rotatable bonds is 4. The van der Waals surface area contributed by atoms with Crippen molar-refractivity contribution in [1.82, 2.24) is 10.2 Å². The molecule has 0 atom stereocenters. The van der Waals surface area contributed by atoms with E-state index in [0.29, 0.717) is 5.82 Å². The van der Waals surface area contributed by atoms with Crippen LogP contribution in [0.2, 0.25) is 0 Å². The number of ether oxygens (including phenoxy) is 2. The van der Waals surface area contributed by atoms with Crippen molar-refractivity contribution in [3.63, 3.8) is 0 Å². The first-order valence-electron chi connectivity index (χ1n) is 5.75. The fourth-order valence-electron chi connectivity index (χ4n) is 1.93. The Morgan fingerprint density at radius 1 is 1.17 bits per heavy atom. The van der Waals surface area contributed by atoms with E-state index >= 15 is 0 Å². The highest BCUT2D eigenvalue weighted by Crippen LogP contribution is 2.35. The van der Waals surface area contributed by atoms with Gasteiger partial charge in [-0.25, -0.2) is 0 Å². The minimum atomic E-state index is 0.459. The summed E-state index contributed by atoms with van der Waals surface area (Å²) < 4.78 is 10.7. The Kier molecular flexibility index (Phi) is 3.41. The molecule has 1 aromatic carbocycles. The van der Waals surface area contributed by atoms with Crippen LogP contribution in [0.15, 0.2) is 18.2 Å². The molecule has 2 rings (SSSR count). The van der Waals surface area contributed by atoms with Gasteiger partial charge in [0.2, 0.25) is 0 Å². The van der Waals surface area contributed by atoms with Gasteiger partial charge >= 0.3 is 0 Å². The zero-order valence-corrected chi connectivity index (χ0v) is 10.8. The van der Waals surface area contributed by atoms with Crippen LogP contribution in [-0.4, -0.2) is 24.4 Å². The van der Waals surface area contributed by atoms with E-state index in [2.05, 4.69) is 17.1 Å². The normalized spacial score (nSPS) is 10.4. The molecule has 5 nitrogen and oxygen atoms in total. The average Bonchev–Trinajstić information content (AvgIpc) is 2.83. The lowest BCUT2D eigenvalue weighted by atomic mass is 10.0. The first kappa shape index (κ1) is 12.3. The van der Waals surface area contributed by atoms with Gasteiger partial charge in [-0.3, -0.25) is 5.10 Å². The van der Waals surface area contributed by atoms with Gasteiger partial charge in [-0.1, -0.05) is 6.92 Å². The van der Waals surface area contributed by atoms with Crippen LogP contribution in [0.4, 0.5) is 5.82 Å². The van der Waals surface area contributed by atoms with Gasteiger partial charge in [-0.2, -0.15) is 5.10 Å². The van der Waals surface area contributed by atoms with E-state index < -0.39 is 0 Å². The number of anilines is 1. The number of nitrogens with two attached hydrogens (primary N) is 1. The van der Waals surface area contributed by atoms with Crippen LogP contribution in [0.25, 0.3) is 11.3 Å². The van der Waals surface area contributed by atoms with Crippen molar-refractivity contribution in [2.45, 2.75) is 13.3 Å². The van der Waals surface area contributed by atoms with Crippen molar-refractivity contribution in [3.8, 4) is 22.8 Å². The molecular formula is C13H17N3O2. The van der Waals surface area contributed by atoms with Gasteiger partial charge in [0, 0.05) is 17.7 Å². The number of methoxy groups -OCH3 is 2. The lowest BCUT2D eigenvalue weighted by Crippen LogP contribution is -1.95. The summed E-state index contributed by atoms with van der Waals surface area (Å²) in [6, 6.07) is 5.69. The molecule has 0 aliphatic heterocycles. The molecule has 1 aromatic heterocycles. The third kappa shape index (κ3) is 2.11. The van der Waals surface area contributed by atoms with Crippen molar-refractivity contribution >= 4 is 5.82 Å². The van der Waals surface area contributed by atoms with Crippen LogP contribution >= 0.6 is 0 Å². The quantitative estimate of drug-likeness (QED) is 0.869. The molecular weight excluding hydrogens is 230 g/mol. The lowest BCUT2D eigenvalue weighted by Gasteiger charge is -2.13. The highest BCUT2D eigenvalue weighted by molar-refractivity contribution is 5.71. The molecule has 1 heterocycles. The van der Waals surface area contributed by atoms with Gasteiger partial charge in [0.25, 0.3) is 0 Å². The molecule has 0 unspecified atom stereocenters. The Hall–Kier alpha value is -2.17. The molecule has 0 aliphatic rings. The number of hydrogen-bond acceptors (Lipinski definition) is 4. The fraction of sp³-hybridized carbons (Fsp3) is 0.308. The zero-order valence-electron chi connectivity index (χ0n) is 10.8. The molecule has 0 spiro atoms. The number of hydrogen-bond donors (Lipinski definition) is 2. The molecule has 5 heteroatoms. The average molecular weight is 247 g/mol. The van der Waals surface area contributed by atoms with E-state index in [1.165, 1.54) is 0 Å². The Morgan fingerprint density at radius 3 is 2.39 bits per heavy atom. The molecule has 0 saturated carbocycles. The van der Waals surface area contributed by atoms with Crippen LogP contribution in [-0.2, 0) is 6.42 Å². The minimum absolute atomic E-state index is 0.459. The molecule has 0 aliphatic carbocycles. The van der Waals surface area contributed by atoms with Gasteiger partial charge in [-0.15, -0.1) is 0 Å². The molecule has 0 radical (unpaired) electrons. The summed E-state index contributed by atoms with van der Waals surface area (Å²) in [5.74, 6) is 2.01. The number of nitrogens with one attached hydrogen (secondary N) is 1. The Morgan fingerprint density at radius 2 is 1.89 bits per heavy atom. The van der Waals surface area contributed by atoms with Gasteiger partial charge < -0.3 is 15.2 Å². The van der Waals surface area contributed by atoms with E-state index in [9.17, 15) is 0 Å². The summed E-state index contributed by atoms with van der Waals surface area (Å²) in [4.78, 5) is 0. The number of H-pyrrole nitrogens is 1. The van der Waals surface area contributed by atoms with Crippen molar-refractivity contribution in [1.29, 1.82) is 0 Å². The molecule has 0 amide bonds. The molecule has 2 aromatic rings. The van der Waals surface area contributed by atoms with E-state index in [0.717, 1.165) is 34.7 Å². The first-order valence-corrected chi connectivity index (χ1v) is 5.75. The maximum Gasteiger partial charge on any atom is 0.145 e. The lowest BCUT2D eigenvalue weighted by molar-refractivity contribution is 0.392. The van der Waals surface area contributed by atoms with Gasteiger partial charge in [0.1, 0.15) is 17.3 Å². The first-order chi connectivity index (χ1) is 8.69. The van der Waals surface area contributed by atoms with Crippen LogP contribution in [0.5, 0.6) is 11.5 Å². The smallest absolute Gasteiger partial charge is 0.145 e. The number of nitrogens with zero attached hydrogens (tertiary/aromatic N) is 1. The van der Waals surface area contributed by atoms with Crippen molar-refractivity contribution < 1.29 is 9.47 Å². The summed E-state index contributed by atoms with van der Waals surface area (Å²) in [5, 5.41) is 6.82. The Bertz CT molecular complexity index is 549. The monoisotopic (exact) mass is 247 g/mol. The molecule has 3 N–H and O–H groups in total. The number of aromatic nitrogens is 2. The predicted molar refractivity (Wildman–Crippen MR) is 70.9 cm³/mol. The third-order valence-electron chi connectivity index (χ3n) is 2.87. The maximum atomic E-state index is 5.63. The zero-order chi connectivity index (χ0) is 13.1. The summed E-state index contributed by atoms with van der Waals surface area (Å²) in [6.07, 6.45) is 0.879. The number of nitrogen functional groups attached to an aromatic ring is 1. The second-order valence-electron chi connectivity index (χ2n) is 3.92. The van der Waals surface area contributed by atoms with E-state index in [1.54, 1.807) is 20.3 Å². The van der Waals surface area contributed by atoms with Crippen molar-refractivity contribution in [2.75, 3.05) is 20.0 Å². The van der Waals surface area contributed by atoms with E-state index in [-0.39, 0.29) is 0 Å². The Labute approximate surface area is 106 Å².